The van der Waals surface area contributed by atoms with E-state index in [1.54, 1.807) is 0 Å². The molecular formula is C32H32N6. The summed E-state index contributed by atoms with van der Waals surface area (Å²) in [7, 11) is 0. The van der Waals surface area contributed by atoms with Gasteiger partial charge in [0.25, 0.3) is 0 Å². The highest BCUT2D eigenvalue weighted by Gasteiger charge is 2.46. The molecule has 6 nitrogen and oxygen atoms in total. The summed E-state index contributed by atoms with van der Waals surface area (Å²) < 4.78 is 0. The average molecular weight is 501 g/mol. The van der Waals surface area contributed by atoms with Crippen molar-refractivity contribution in [3.63, 3.8) is 0 Å². The van der Waals surface area contributed by atoms with Crippen molar-refractivity contribution in [2.75, 3.05) is 0 Å². The van der Waals surface area contributed by atoms with E-state index >= 15 is 0 Å². The topological polar surface area (TPSA) is 81.4 Å². The van der Waals surface area contributed by atoms with E-state index in [0.29, 0.717) is 18.1 Å². The van der Waals surface area contributed by atoms with Gasteiger partial charge in [-0.2, -0.15) is 0 Å². The van der Waals surface area contributed by atoms with Gasteiger partial charge in [-0.3, -0.25) is 0 Å². The van der Waals surface area contributed by atoms with Crippen LogP contribution in [0, 0.1) is 5.92 Å². The Morgan fingerprint density at radius 1 is 0.632 bits per heavy atom. The lowest BCUT2D eigenvalue weighted by atomic mass is 9.98. The first-order chi connectivity index (χ1) is 18.7. The van der Waals surface area contributed by atoms with Crippen LogP contribution in [0.1, 0.15) is 56.3 Å². The van der Waals surface area contributed by atoms with Crippen LogP contribution >= 0.6 is 0 Å². The van der Waals surface area contributed by atoms with Crippen LogP contribution in [0.2, 0.25) is 0 Å². The van der Waals surface area contributed by atoms with Gasteiger partial charge in [0.1, 0.15) is 11.6 Å². The van der Waals surface area contributed by atoms with Crippen LogP contribution in [-0.2, 0) is 0 Å². The van der Waals surface area contributed by atoms with Gasteiger partial charge in [-0.05, 0) is 78.1 Å². The molecule has 2 saturated heterocycles. The third-order valence-electron chi connectivity index (χ3n) is 8.78. The highest BCUT2D eigenvalue weighted by atomic mass is 15.1. The normalized spacial score (nSPS) is 26.2. The molecule has 2 aromatic heterocycles. The molecule has 3 aromatic carbocycles. The van der Waals surface area contributed by atoms with Crippen LogP contribution < -0.4 is 10.6 Å². The van der Waals surface area contributed by atoms with Crippen LogP contribution in [0.3, 0.4) is 0 Å². The summed E-state index contributed by atoms with van der Waals surface area (Å²) in [5, 5.41) is 9.76. The molecule has 4 N–H and O–H groups in total. The minimum Gasteiger partial charge on any atom is -0.341 e. The van der Waals surface area contributed by atoms with E-state index in [9.17, 15) is 0 Å². The zero-order chi connectivity index (χ0) is 25.2. The number of aromatic amines is 2. The lowest BCUT2D eigenvalue weighted by Gasteiger charge is -2.09. The first-order valence-corrected chi connectivity index (χ1v) is 13.9. The molecule has 3 fully saturated rings. The summed E-state index contributed by atoms with van der Waals surface area (Å²) in [6.45, 7) is 2.24. The molecule has 1 aliphatic carbocycles. The zero-order valence-corrected chi connectivity index (χ0v) is 21.5. The molecular weight excluding hydrogens is 468 g/mol. The lowest BCUT2D eigenvalue weighted by molar-refractivity contribution is 0.543. The number of hydrogen-bond acceptors (Lipinski definition) is 4. The van der Waals surface area contributed by atoms with Crippen LogP contribution in [-0.4, -0.2) is 32.0 Å². The molecule has 0 amide bonds. The first-order valence-electron chi connectivity index (χ1n) is 13.9. The summed E-state index contributed by atoms with van der Waals surface area (Å²) in [5.41, 5.74) is 6.94. The fourth-order valence-electron chi connectivity index (χ4n) is 6.43. The van der Waals surface area contributed by atoms with E-state index in [2.05, 4.69) is 98.2 Å². The van der Waals surface area contributed by atoms with Crippen LogP contribution in [0.4, 0.5) is 0 Å². The number of nitrogens with zero attached hydrogens (tertiary/aromatic N) is 2. The van der Waals surface area contributed by atoms with Gasteiger partial charge in [0, 0.05) is 17.6 Å². The molecule has 1 saturated carbocycles. The maximum Gasteiger partial charge on any atom is 0.123 e. The fraction of sp³-hybridized carbons (Fsp3) is 0.312. The van der Waals surface area contributed by atoms with Crippen LogP contribution in [0.15, 0.2) is 73.1 Å². The largest absolute Gasteiger partial charge is 0.341 e. The van der Waals surface area contributed by atoms with Crippen molar-refractivity contribution < 1.29 is 0 Å². The fourth-order valence-corrected chi connectivity index (χ4v) is 6.43. The number of hydrogen-bond donors (Lipinski definition) is 4. The maximum absolute atomic E-state index is 4.67. The highest BCUT2D eigenvalue weighted by Crippen LogP contribution is 2.45. The van der Waals surface area contributed by atoms with E-state index in [1.807, 2.05) is 12.4 Å². The van der Waals surface area contributed by atoms with Crippen molar-refractivity contribution in [2.45, 2.75) is 56.8 Å². The number of rotatable bonds is 5. The van der Waals surface area contributed by atoms with Gasteiger partial charge in [-0.25, -0.2) is 9.97 Å². The third kappa shape index (κ3) is 3.96. The third-order valence-corrected chi connectivity index (χ3v) is 8.78. The summed E-state index contributed by atoms with van der Waals surface area (Å²) in [4.78, 5) is 16.4. The molecule has 5 atom stereocenters. The number of fused-ring (bicyclic) bond motifs is 2. The van der Waals surface area contributed by atoms with Crippen molar-refractivity contribution in [2.24, 2.45) is 5.92 Å². The quantitative estimate of drug-likeness (QED) is 0.221. The zero-order valence-electron chi connectivity index (χ0n) is 21.5. The van der Waals surface area contributed by atoms with Gasteiger partial charge in [0.15, 0.2) is 0 Å². The van der Waals surface area contributed by atoms with E-state index in [4.69, 9.17) is 0 Å². The van der Waals surface area contributed by atoms with Gasteiger partial charge in [-0.1, -0.05) is 48.5 Å². The number of piperidine rings is 1. The van der Waals surface area contributed by atoms with E-state index in [-0.39, 0.29) is 0 Å². The van der Waals surface area contributed by atoms with Crippen molar-refractivity contribution >= 4 is 10.8 Å². The summed E-state index contributed by atoms with van der Waals surface area (Å²) in [5.74, 6) is 2.98. The Labute approximate surface area is 222 Å². The minimum atomic E-state index is 0.332. The van der Waals surface area contributed by atoms with Gasteiger partial charge >= 0.3 is 0 Å². The number of H-pyrrole nitrogens is 2. The predicted molar refractivity (Wildman–Crippen MR) is 152 cm³/mol. The second-order valence-corrected chi connectivity index (χ2v) is 11.5. The summed E-state index contributed by atoms with van der Waals surface area (Å²) in [6.07, 6.45) is 8.82. The van der Waals surface area contributed by atoms with Crippen LogP contribution in [0.25, 0.3) is 44.4 Å². The number of nitrogens with one attached hydrogen (secondary N) is 4. The van der Waals surface area contributed by atoms with Crippen molar-refractivity contribution in [1.82, 2.24) is 30.6 Å². The molecule has 190 valence electrons. The molecule has 2 aliphatic heterocycles. The Morgan fingerprint density at radius 2 is 1.26 bits per heavy atom. The monoisotopic (exact) mass is 500 g/mol. The Morgan fingerprint density at radius 3 is 1.95 bits per heavy atom. The SMILES string of the molecule is CC1CC[C@@H](c2ncc(-c3ccc4cc(-c5ccc(-c6cnc([C@@H]7CC8CC8N7)[nH]6)cc5)ccc4c3)[nH]2)N1. The maximum atomic E-state index is 4.67. The predicted octanol–water partition coefficient (Wildman–Crippen LogP) is 6.52. The minimum absolute atomic E-state index is 0.332. The van der Waals surface area contributed by atoms with E-state index in [0.717, 1.165) is 41.4 Å². The standard InChI is InChI=1S/C32H32N6/c1-18-2-11-26(35-18)31-33-17-30(38-31)24-10-9-22-12-21(7-8-23(22)13-24)19-3-5-20(6-4-19)29-16-34-32(37-29)28-15-25-14-27(25)36-28/h3-10,12-13,16-18,25-28,35-36H,2,11,14-15H2,1H3,(H,33,38)(H,34,37)/t18?,25?,26-,27?,28-/m0/s1. The Kier molecular flexibility index (Phi) is 5.07. The molecule has 6 heteroatoms. The molecule has 38 heavy (non-hydrogen) atoms. The Hall–Kier alpha value is -3.74. The van der Waals surface area contributed by atoms with Crippen molar-refractivity contribution in [1.29, 1.82) is 0 Å². The van der Waals surface area contributed by atoms with E-state index < -0.39 is 0 Å². The molecule has 0 radical (unpaired) electrons. The van der Waals surface area contributed by atoms with Crippen LogP contribution in [0.5, 0.6) is 0 Å². The molecule has 4 heterocycles. The average Bonchev–Trinajstić information content (AvgIpc) is 3.52. The van der Waals surface area contributed by atoms with Crippen molar-refractivity contribution in [3.05, 3.63) is 84.7 Å². The molecule has 3 unspecified atom stereocenters. The van der Waals surface area contributed by atoms with Gasteiger partial charge in [0.05, 0.1) is 35.9 Å². The molecule has 3 aliphatic rings. The molecule has 5 aromatic rings. The lowest BCUT2D eigenvalue weighted by Crippen LogP contribution is -2.21. The second-order valence-electron chi connectivity index (χ2n) is 11.5. The number of aromatic nitrogens is 4. The Balaban J connectivity index is 1.00. The molecule has 0 spiro atoms. The first kappa shape index (κ1) is 22.3. The highest BCUT2D eigenvalue weighted by molar-refractivity contribution is 5.90. The van der Waals surface area contributed by atoms with Gasteiger partial charge < -0.3 is 20.6 Å². The Bertz CT molecular complexity index is 1620. The molecule has 8 rings (SSSR count). The summed E-state index contributed by atoms with van der Waals surface area (Å²) in [6, 6.07) is 24.2. The number of benzene rings is 3. The smallest absolute Gasteiger partial charge is 0.123 e. The summed E-state index contributed by atoms with van der Waals surface area (Å²) >= 11 is 0. The second kappa shape index (κ2) is 8.65. The van der Waals surface area contributed by atoms with Crippen molar-refractivity contribution in [3.8, 4) is 33.6 Å². The number of imidazole rings is 2. The molecule has 0 bridgehead atoms. The van der Waals surface area contributed by atoms with E-state index in [1.165, 1.54) is 52.3 Å². The van der Waals surface area contributed by atoms with Gasteiger partial charge in [-0.15, -0.1) is 0 Å². The van der Waals surface area contributed by atoms with Gasteiger partial charge in [0.2, 0.25) is 0 Å².